The van der Waals surface area contributed by atoms with Crippen molar-refractivity contribution in [2.45, 2.75) is 0 Å². The maximum absolute atomic E-state index is 3.25. The van der Waals surface area contributed by atoms with Crippen LogP contribution in [-0.4, -0.2) is 6.34 Å². The fraction of sp³-hybridized carbons (Fsp3) is 0. The van der Waals surface area contributed by atoms with E-state index >= 15 is 0 Å². The average molecular weight is 55.0 g/mol. The molecule has 0 bridgehead atoms. The second-order valence-electron chi connectivity index (χ2n) is 0.436. The van der Waals surface area contributed by atoms with Gasteiger partial charge in [0.05, 0.1) is 0 Å². The van der Waals surface area contributed by atoms with Crippen molar-refractivity contribution in [1.82, 2.24) is 0 Å². The molecule has 0 unspecified atom stereocenters. The fourth-order valence-corrected chi connectivity index (χ4v) is 0.0516. The third-order valence-corrected chi connectivity index (χ3v) is 0.207. The molecular formula is CHN3. The molecule has 0 spiro atoms. The molecule has 0 amide bonds. The molecule has 0 atom stereocenters. The van der Waals surface area contributed by atoms with Gasteiger partial charge in [0.1, 0.15) is 0 Å². The van der Waals surface area contributed by atoms with Gasteiger partial charge in [-0.15, -0.1) is 10.2 Å². The summed E-state index contributed by atoms with van der Waals surface area (Å²) in [7, 11) is 0. The van der Waals surface area contributed by atoms with Gasteiger partial charge in [-0.05, 0) is 5.22 Å². The van der Waals surface area contributed by atoms with Crippen molar-refractivity contribution < 1.29 is 0 Å². The van der Waals surface area contributed by atoms with Gasteiger partial charge in [-0.25, -0.2) is 0 Å². The molecule has 1 rings (SSSR count). The minimum atomic E-state index is 1.39. The lowest BCUT2D eigenvalue weighted by Gasteiger charge is -1.74. The predicted molar refractivity (Wildman–Crippen MR) is 13.3 cm³/mol. The molecule has 0 radical (unpaired) electrons. The number of hydrogen-bond donors (Lipinski definition) is 0. The van der Waals surface area contributed by atoms with E-state index in [0.717, 1.165) is 0 Å². The second-order valence-corrected chi connectivity index (χ2v) is 0.436. The van der Waals surface area contributed by atoms with Crippen LogP contribution in [0.25, 0.3) is 0 Å². The molecule has 4 heavy (non-hydrogen) atoms. The van der Waals surface area contributed by atoms with Gasteiger partial charge < -0.3 is 0 Å². The molecule has 3 heteroatoms. The Labute approximate surface area is 23.0 Å². The Balaban J connectivity index is 2.67. The van der Waals surface area contributed by atoms with Crippen LogP contribution in [0.5, 0.6) is 0 Å². The van der Waals surface area contributed by atoms with Gasteiger partial charge in [0.25, 0.3) is 0 Å². The van der Waals surface area contributed by atoms with Crippen molar-refractivity contribution in [3.63, 3.8) is 0 Å². The zero-order valence-corrected chi connectivity index (χ0v) is 1.92. The van der Waals surface area contributed by atoms with Crippen LogP contribution in [0.2, 0.25) is 0 Å². The molecule has 0 aromatic rings. The van der Waals surface area contributed by atoms with Crippen molar-refractivity contribution in [1.29, 1.82) is 0 Å². The van der Waals surface area contributed by atoms with Gasteiger partial charge in [-0.1, -0.05) is 0 Å². The third kappa shape index (κ3) is 0.00866. The first kappa shape index (κ1) is 1.58. The Bertz CT molecular complexity index is 43.7. The van der Waals surface area contributed by atoms with E-state index < -0.39 is 0 Å². The maximum Gasteiger partial charge on any atom is 0.164 e. The maximum atomic E-state index is 3.25. The summed E-state index contributed by atoms with van der Waals surface area (Å²) >= 11 is 0. The first-order valence-electron chi connectivity index (χ1n) is 0.916. The number of nitrogens with zero attached hydrogens (tertiary/aromatic N) is 3. The summed E-state index contributed by atoms with van der Waals surface area (Å²) in [5.41, 5.74) is 0. The molecule has 1 heterocycles. The second kappa shape index (κ2) is 0.342. The highest BCUT2D eigenvalue weighted by molar-refractivity contribution is 5.56. The van der Waals surface area contributed by atoms with E-state index in [1.807, 2.05) is 0 Å². The van der Waals surface area contributed by atoms with Crippen molar-refractivity contribution in [2.24, 2.45) is 15.4 Å². The largest absolute Gasteiger partial charge is 0.164 e. The summed E-state index contributed by atoms with van der Waals surface area (Å²) in [4.78, 5) is 0. The van der Waals surface area contributed by atoms with Crippen molar-refractivity contribution in [3.8, 4) is 0 Å². The lowest BCUT2D eigenvalue weighted by atomic mass is 11.3. The predicted octanol–water partition coefficient (Wildman–Crippen LogP) is 0.396. The first-order chi connectivity index (χ1) is 2.00. The minimum Gasteiger partial charge on any atom is -0.116 e. The van der Waals surface area contributed by atoms with Crippen molar-refractivity contribution >= 4 is 6.34 Å². The molecule has 0 fully saturated rings. The molecule has 1 aliphatic rings. The highest BCUT2D eigenvalue weighted by Crippen LogP contribution is 1.79. The third-order valence-electron chi connectivity index (χ3n) is 0.207. The topological polar surface area (TPSA) is 37.1 Å². The van der Waals surface area contributed by atoms with Crippen LogP contribution >= 0.6 is 0 Å². The molecule has 0 aliphatic carbocycles. The quantitative estimate of drug-likeness (QED) is 0.384. The van der Waals surface area contributed by atoms with E-state index in [4.69, 9.17) is 0 Å². The Morgan fingerprint density at radius 3 is 1.75 bits per heavy atom. The van der Waals surface area contributed by atoms with Crippen molar-refractivity contribution in [3.05, 3.63) is 0 Å². The van der Waals surface area contributed by atoms with E-state index in [0.29, 0.717) is 0 Å². The zero-order valence-electron chi connectivity index (χ0n) is 1.92. The van der Waals surface area contributed by atoms with Crippen LogP contribution in [0.4, 0.5) is 0 Å². The van der Waals surface area contributed by atoms with Gasteiger partial charge in [-0.3, -0.25) is 0 Å². The highest BCUT2D eigenvalue weighted by Gasteiger charge is 1.69. The Morgan fingerprint density at radius 1 is 1.50 bits per heavy atom. The summed E-state index contributed by atoms with van der Waals surface area (Å²) in [6, 6.07) is 0. The van der Waals surface area contributed by atoms with E-state index in [2.05, 4.69) is 15.4 Å². The van der Waals surface area contributed by atoms with Crippen molar-refractivity contribution in [2.75, 3.05) is 0 Å². The molecule has 0 aromatic heterocycles. The minimum absolute atomic E-state index is 1.39. The normalized spacial score (nSPS) is 16.0. The Morgan fingerprint density at radius 2 is 1.75 bits per heavy atom. The Hall–Kier alpha value is -0.730. The van der Waals surface area contributed by atoms with Crippen LogP contribution in [0.1, 0.15) is 0 Å². The van der Waals surface area contributed by atoms with Gasteiger partial charge in [0.15, 0.2) is 6.34 Å². The van der Waals surface area contributed by atoms with E-state index in [-0.39, 0.29) is 0 Å². The summed E-state index contributed by atoms with van der Waals surface area (Å²) in [5.74, 6) is 0. The monoisotopic (exact) mass is 55.0 g/mol. The zero-order chi connectivity index (χ0) is 2.83. The number of hydrogen-bond acceptors (Lipinski definition) is 3. The van der Waals surface area contributed by atoms with Crippen LogP contribution in [-0.2, 0) is 0 Å². The van der Waals surface area contributed by atoms with E-state index in [1.54, 1.807) is 0 Å². The first-order valence-corrected chi connectivity index (χ1v) is 0.916. The van der Waals surface area contributed by atoms with Crippen LogP contribution < -0.4 is 0 Å². The molecule has 3 nitrogen and oxygen atoms in total. The van der Waals surface area contributed by atoms with Gasteiger partial charge in [0.2, 0.25) is 0 Å². The summed E-state index contributed by atoms with van der Waals surface area (Å²) in [6.45, 7) is 0. The standard InChI is InChI=1S/CHN3/c1-2-4-3-1/h1H. The van der Waals surface area contributed by atoms with Crippen LogP contribution in [0, 0.1) is 0 Å². The van der Waals surface area contributed by atoms with E-state index in [9.17, 15) is 0 Å². The molecule has 0 saturated carbocycles. The summed E-state index contributed by atoms with van der Waals surface area (Å²) in [6.07, 6.45) is 1.39. The molecule has 0 aromatic carbocycles. The van der Waals surface area contributed by atoms with Gasteiger partial charge in [-0.2, -0.15) is 0 Å². The summed E-state index contributed by atoms with van der Waals surface area (Å²) < 4.78 is 0. The Kier molecular flexibility index (Phi) is 0.135. The average Bonchev–Trinajstić information content (AvgIpc) is 0.722. The fourth-order valence-electron chi connectivity index (χ4n) is 0.0516. The smallest absolute Gasteiger partial charge is 0.116 e. The molecule has 20 valence electrons. The van der Waals surface area contributed by atoms with E-state index in [1.165, 1.54) is 6.34 Å². The SMILES string of the molecule is C1=NN=N1. The van der Waals surface area contributed by atoms with Crippen LogP contribution in [0.3, 0.4) is 0 Å². The lowest BCUT2D eigenvalue weighted by Crippen LogP contribution is -1.66. The molecule has 0 saturated heterocycles. The molecule has 1 aliphatic heterocycles. The molecular weight excluding hydrogens is 54.0 g/mol. The number of rotatable bonds is 0. The lowest BCUT2D eigenvalue weighted by molar-refractivity contribution is 1.02. The highest BCUT2D eigenvalue weighted by atomic mass is 15.4. The molecule has 0 N–H and O–H groups in total. The van der Waals surface area contributed by atoms with Gasteiger partial charge >= 0.3 is 0 Å². The summed E-state index contributed by atoms with van der Waals surface area (Å²) in [5, 5.41) is 9.61. The van der Waals surface area contributed by atoms with Crippen LogP contribution in [0.15, 0.2) is 15.4 Å². The van der Waals surface area contributed by atoms with Gasteiger partial charge in [0, 0.05) is 0 Å².